The highest BCUT2D eigenvalue weighted by Gasteiger charge is 2.27. The van der Waals surface area contributed by atoms with Crippen molar-refractivity contribution in [1.82, 2.24) is 24.3 Å². The third-order valence-corrected chi connectivity index (χ3v) is 7.27. The van der Waals surface area contributed by atoms with E-state index in [-0.39, 0.29) is 5.39 Å². The monoisotopic (exact) mass is 563 g/mol. The number of aromatic amines is 1. The van der Waals surface area contributed by atoms with Crippen LogP contribution in [0.2, 0.25) is 0 Å². The minimum atomic E-state index is -1.38. The lowest BCUT2D eigenvalue weighted by Gasteiger charge is -2.31. The Morgan fingerprint density at radius 2 is 1.93 bits per heavy atom. The van der Waals surface area contributed by atoms with Crippen molar-refractivity contribution < 1.29 is 23.4 Å². The van der Waals surface area contributed by atoms with Crippen molar-refractivity contribution in [1.29, 1.82) is 0 Å². The molecule has 5 aromatic rings. The number of ether oxygens (including phenoxy) is 1. The number of pyridine rings is 2. The van der Waals surface area contributed by atoms with E-state index in [0.717, 1.165) is 12.3 Å². The summed E-state index contributed by atoms with van der Waals surface area (Å²) in [5.41, 5.74) is 2.61. The number of anilines is 2. The molecule has 3 N–H and O–H groups in total. The lowest BCUT2D eigenvalue weighted by atomic mass is 10.0. The van der Waals surface area contributed by atoms with Crippen LogP contribution in [-0.2, 0) is 11.3 Å². The largest absolute Gasteiger partial charge is 0.477 e. The molecule has 41 heavy (non-hydrogen) atoms. The normalized spacial score (nSPS) is 14.0. The van der Waals surface area contributed by atoms with Gasteiger partial charge in [-0.15, -0.1) is 0 Å². The van der Waals surface area contributed by atoms with Gasteiger partial charge in [0.05, 0.1) is 40.9 Å². The number of fused-ring (bicyclic) bond motifs is 4. The van der Waals surface area contributed by atoms with Crippen LogP contribution in [0.3, 0.4) is 0 Å². The van der Waals surface area contributed by atoms with Crippen LogP contribution in [0.1, 0.15) is 15.9 Å². The standard InChI is InChI=1S/C28H27F2N7O4/c1-31-19-9-18(29)22(30)20-21-24(36-4-6-41-7-5-36)16(10-32-25(21)34-23(19)20)14-8-15(12-35(2)3)26-33-11-17(28(39)40)27(38)37(26)13-14/h8-11,13,31H,4-7,12H2,1-3H3,(H,32,34)(H,39,40). The highest BCUT2D eigenvalue weighted by molar-refractivity contribution is 6.18. The molecule has 0 bridgehead atoms. The molecule has 6 rings (SSSR count). The Morgan fingerprint density at radius 3 is 2.61 bits per heavy atom. The van der Waals surface area contributed by atoms with Crippen molar-refractivity contribution in [2.45, 2.75) is 6.54 Å². The summed E-state index contributed by atoms with van der Waals surface area (Å²) >= 11 is 0. The van der Waals surface area contributed by atoms with Crippen molar-refractivity contribution in [2.75, 3.05) is 57.7 Å². The van der Waals surface area contributed by atoms with Gasteiger partial charge in [-0.25, -0.2) is 23.5 Å². The summed E-state index contributed by atoms with van der Waals surface area (Å²) in [4.78, 5) is 41.0. The molecular weight excluding hydrogens is 536 g/mol. The second-order valence-electron chi connectivity index (χ2n) is 10.2. The fourth-order valence-corrected chi connectivity index (χ4v) is 5.47. The third-order valence-electron chi connectivity index (χ3n) is 7.27. The quantitative estimate of drug-likeness (QED) is 0.285. The lowest BCUT2D eigenvalue weighted by molar-refractivity contribution is 0.0694. The van der Waals surface area contributed by atoms with Crippen LogP contribution in [0.15, 0.2) is 35.5 Å². The Kier molecular flexibility index (Phi) is 6.54. The Morgan fingerprint density at radius 1 is 1.17 bits per heavy atom. The molecule has 0 radical (unpaired) electrons. The van der Waals surface area contributed by atoms with Gasteiger partial charge in [-0.05, 0) is 20.2 Å². The number of halogens is 2. The predicted octanol–water partition coefficient (Wildman–Crippen LogP) is 3.31. The van der Waals surface area contributed by atoms with E-state index < -0.39 is 28.7 Å². The van der Waals surface area contributed by atoms with Crippen LogP contribution in [-0.4, -0.2) is 82.8 Å². The van der Waals surface area contributed by atoms with Crippen LogP contribution in [0.4, 0.5) is 20.2 Å². The summed E-state index contributed by atoms with van der Waals surface area (Å²) in [6.45, 7) is 2.23. The van der Waals surface area contributed by atoms with Gasteiger partial charge >= 0.3 is 5.97 Å². The molecular formula is C28H27F2N7O4. The topological polar surface area (TPSA) is 128 Å². The molecule has 0 aliphatic carbocycles. The molecule has 4 aromatic heterocycles. The van der Waals surface area contributed by atoms with Gasteiger partial charge in [0.1, 0.15) is 16.9 Å². The molecule has 1 fully saturated rings. The van der Waals surface area contributed by atoms with Crippen molar-refractivity contribution in [3.05, 3.63) is 63.8 Å². The van der Waals surface area contributed by atoms with Crippen LogP contribution in [0.25, 0.3) is 38.7 Å². The molecule has 1 aliphatic heterocycles. The number of aromatic carboxylic acids is 1. The molecule has 0 unspecified atom stereocenters. The molecule has 0 spiro atoms. The van der Waals surface area contributed by atoms with Gasteiger partial charge in [-0.3, -0.25) is 9.20 Å². The highest BCUT2D eigenvalue weighted by atomic mass is 19.2. The average molecular weight is 564 g/mol. The summed E-state index contributed by atoms with van der Waals surface area (Å²) < 4.78 is 37.2. The van der Waals surface area contributed by atoms with Gasteiger partial charge in [-0.2, -0.15) is 0 Å². The number of carboxylic acids is 1. The lowest BCUT2D eigenvalue weighted by Crippen LogP contribution is -2.36. The Bertz CT molecular complexity index is 1910. The molecule has 212 valence electrons. The van der Waals surface area contributed by atoms with E-state index in [2.05, 4.69) is 20.3 Å². The first-order chi connectivity index (χ1) is 19.7. The molecule has 0 amide bonds. The summed E-state index contributed by atoms with van der Waals surface area (Å²) in [5.74, 6) is -3.39. The smallest absolute Gasteiger partial charge is 0.342 e. The van der Waals surface area contributed by atoms with Crippen LogP contribution in [0, 0.1) is 11.6 Å². The van der Waals surface area contributed by atoms with E-state index in [1.807, 2.05) is 30.0 Å². The molecule has 1 aliphatic rings. The maximum atomic E-state index is 15.5. The van der Waals surface area contributed by atoms with E-state index >= 15 is 4.39 Å². The summed E-state index contributed by atoms with van der Waals surface area (Å²) in [6.07, 6.45) is 4.21. The van der Waals surface area contributed by atoms with Gasteiger partial charge in [0, 0.05) is 68.0 Å². The second-order valence-corrected chi connectivity index (χ2v) is 10.2. The number of benzene rings is 1. The van der Waals surface area contributed by atoms with E-state index in [4.69, 9.17) is 4.74 Å². The molecule has 1 aromatic carbocycles. The van der Waals surface area contributed by atoms with Crippen LogP contribution in [0.5, 0.6) is 0 Å². The molecule has 11 nitrogen and oxygen atoms in total. The third kappa shape index (κ3) is 4.33. The first kappa shape index (κ1) is 26.6. The summed E-state index contributed by atoms with van der Waals surface area (Å²) in [5, 5.41) is 12.9. The highest BCUT2D eigenvalue weighted by Crippen LogP contribution is 2.43. The number of carbonyl (C=O) groups is 1. The summed E-state index contributed by atoms with van der Waals surface area (Å²) in [7, 11) is 5.35. The number of morpholine rings is 1. The van der Waals surface area contributed by atoms with Gasteiger partial charge in [-0.1, -0.05) is 0 Å². The molecule has 1 saturated heterocycles. The molecule has 0 saturated carbocycles. The van der Waals surface area contributed by atoms with E-state index in [0.29, 0.717) is 83.1 Å². The first-order valence-corrected chi connectivity index (χ1v) is 12.9. The minimum Gasteiger partial charge on any atom is -0.477 e. The van der Waals surface area contributed by atoms with E-state index in [1.54, 1.807) is 13.2 Å². The zero-order chi connectivity index (χ0) is 29.0. The Balaban J connectivity index is 1.74. The van der Waals surface area contributed by atoms with Gasteiger partial charge in [0.25, 0.3) is 5.56 Å². The first-order valence-electron chi connectivity index (χ1n) is 12.9. The number of carboxylic acid groups (broad SMARTS) is 1. The zero-order valence-corrected chi connectivity index (χ0v) is 22.6. The Hall–Kier alpha value is -4.62. The van der Waals surface area contributed by atoms with Crippen molar-refractivity contribution >= 4 is 44.9 Å². The van der Waals surface area contributed by atoms with Crippen LogP contribution >= 0.6 is 0 Å². The number of aromatic nitrogens is 4. The van der Waals surface area contributed by atoms with Gasteiger partial charge in [0.2, 0.25) is 0 Å². The van der Waals surface area contributed by atoms with Gasteiger partial charge in [0.15, 0.2) is 11.6 Å². The van der Waals surface area contributed by atoms with Crippen molar-refractivity contribution in [3.63, 3.8) is 0 Å². The van der Waals surface area contributed by atoms with Crippen molar-refractivity contribution in [3.8, 4) is 11.1 Å². The van der Waals surface area contributed by atoms with Crippen LogP contribution < -0.4 is 15.8 Å². The number of nitrogens with one attached hydrogen (secondary N) is 2. The number of H-pyrrole nitrogens is 1. The average Bonchev–Trinajstić information content (AvgIpc) is 3.35. The summed E-state index contributed by atoms with van der Waals surface area (Å²) in [6, 6.07) is 2.96. The number of hydrogen-bond acceptors (Lipinski definition) is 8. The SMILES string of the molecule is CNc1cc(F)c(F)c2c1[nH]c1ncc(-c3cc(CN(C)C)c4ncc(C(=O)O)c(=O)n4c3)c(N3CCOCC3)c12. The zero-order valence-electron chi connectivity index (χ0n) is 22.6. The predicted molar refractivity (Wildman–Crippen MR) is 151 cm³/mol. The fraction of sp³-hybridized carbons (Fsp3) is 0.286. The minimum absolute atomic E-state index is 0.0569. The number of nitrogens with zero attached hydrogens (tertiary/aromatic N) is 5. The number of hydrogen-bond donors (Lipinski definition) is 3. The number of rotatable bonds is 6. The van der Waals surface area contributed by atoms with Gasteiger partial charge < -0.3 is 29.9 Å². The van der Waals surface area contributed by atoms with E-state index in [1.165, 1.54) is 10.6 Å². The Labute approximate surface area is 232 Å². The molecule has 5 heterocycles. The maximum absolute atomic E-state index is 15.5. The van der Waals surface area contributed by atoms with Crippen molar-refractivity contribution in [2.24, 2.45) is 0 Å². The molecule has 0 atom stereocenters. The molecule has 13 heteroatoms. The second kappa shape index (κ2) is 10.1. The fourth-order valence-electron chi connectivity index (χ4n) is 5.47. The van der Waals surface area contributed by atoms with E-state index in [9.17, 15) is 19.1 Å². The maximum Gasteiger partial charge on any atom is 0.342 e.